The number of hydrogen-bond donors (Lipinski definition) is 2. The molecule has 3 aromatic rings. The SMILES string of the molecule is COC(=O)C(Cc1c[nH]c2ccccc12)NC(=O)/C=C/c1ccc(Cl)cc1. The molecule has 1 aromatic heterocycles. The van der Waals surface area contributed by atoms with Crippen LogP contribution < -0.4 is 5.32 Å². The average molecular weight is 383 g/mol. The summed E-state index contributed by atoms with van der Waals surface area (Å²) in [4.78, 5) is 27.6. The lowest BCUT2D eigenvalue weighted by Gasteiger charge is -2.15. The lowest BCUT2D eigenvalue weighted by atomic mass is 10.0. The van der Waals surface area contributed by atoms with Crippen LogP contribution in [-0.2, 0) is 20.7 Å². The molecule has 0 saturated carbocycles. The maximum Gasteiger partial charge on any atom is 0.328 e. The zero-order valence-corrected chi connectivity index (χ0v) is 15.5. The average Bonchev–Trinajstić information content (AvgIpc) is 3.09. The standard InChI is InChI=1S/C21H19ClN2O3/c1-27-21(26)19(12-15-13-23-18-5-3-2-4-17(15)18)24-20(25)11-8-14-6-9-16(22)10-7-14/h2-11,13,19,23H,12H2,1H3,(H,24,25)/b11-8+. The number of carbonyl (C=O) groups is 2. The Hall–Kier alpha value is -3.05. The fourth-order valence-electron chi connectivity index (χ4n) is 2.82. The van der Waals surface area contributed by atoms with Gasteiger partial charge in [-0.05, 0) is 35.4 Å². The van der Waals surface area contributed by atoms with Gasteiger partial charge < -0.3 is 15.0 Å². The van der Waals surface area contributed by atoms with Crippen molar-refractivity contribution < 1.29 is 14.3 Å². The van der Waals surface area contributed by atoms with Gasteiger partial charge in [0.15, 0.2) is 0 Å². The van der Waals surface area contributed by atoms with Gasteiger partial charge in [-0.2, -0.15) is 0 Å². The molecule has 2 N–H and O–H groups in total. The van der Waals surface area contributed by atoms with E-state index in [1.165, 1.54) is 13.2 Å². The number of benzene rings is 2. The Balaban J connectivity index is 1.72. The van der Waals surface area contributed by atoms with E-state index in [4.69, 9.17) is 16.3 Å². The van der Waals surface area contributed by atoms with Crippen LogP contribution in [0.1, 0.15) is 11.1 Å². The van der Waals surface area contributed by atoms with Crippen molar-refractivity contribution in [2.24, 2.45) is 0 Å². The van der Waals surface area contributed by atoms with Crippen molar-refractivity contribution >= 4 is 40.5 Å². The topological polar surface area (TPSA) is 71.2 Å². The molecule has 0 aliphatic carbocycles. The number of esters is 1. The van der Waals surface area contributed by atoms with Crippen LogP contribution in [0.4, 0.5) is 0 Å². The number of halogens is 1. The summed E-state index contributed by atoms with van der Waals surface area (Å²) in [7, 11) is 1.31. The number of ether oxygens (including phenoxy) is 1. The van der Waals surface area contributed by atoms with E-state index in [0.717, 1.165) is 22.0 Å². The quantitative estimate of drug-likeness (QED) is 0.504. The van der Waals surface area contributed by atoms with Crippen LogP contribution in [0.3, 0.4) is 0 Å². The maximum absolute atomic E-state index is 12.3. The molecule has 0 saturated heterocycles. The van der Waals surface area contributed by atoms with E-state index in [2.05, 4.69) is 10.3 Å². The van der Waals surface area contributed by atoms with E-state index < -0.39 is 12.0 Å². The van der Waals surface area contributed by atoms with Gasteiger partial charge >= 0.3 is 5.97 Å². The van der Waals surface area contributed by atoms with Crippen LogP contribution in [0.2, 0.25) is 5.02 Å². The molecule has 1 amide bonds. The second-order valence-electron chi connectivity index (χ2n) is 6.03. The van der Waals surface area contributed by atoms with Gasteiger partial charge in [0.1, 0.15) is 6.04 Å². The van der Waals surface area contributed by atoms with Crippen LogP contribution in [0.5, 0.6) is 0 Å². The minimum absolute atomic E-state index is 0.331. The third kappa shape index (κ3) is 4.77. The van der Waals surface area contributed by atoms with Gasteiger partial charge in [0.2, 0.25) is 5.91 Å². The van der Waals surface area contributed by atoms with Gasteiger partial charge in [-0.1, -0.05) is 41.9 Å². The Kier molecular flexibility index (Phi) is 5.94. The number of rotatable bonds is 6. The normalized spacial score (nSPS) is 12.2. The fourth-order valence-corrected chi connectivity index (χ4v) is 2.95. The fraction of sp³-hybridized carbons (Fsp3) is 0.143. The molecule has 0 fully saturated rings. The van der Waals surface area contributed by atoms with Crippen LogP contribution >= 0.6 is 11.6 Å². The van der Waals surface area contributed by atoms with Gasteiger partial charge in [0, 0.05) is 34.6 Å². The van der Waals surface area contributed by atoms with Crippen molar-refractivity contribution in [3.05, 3.63) is 77.0 Å². The largest absolute Gasteiger partial charge is 0.467 e. The molecule has 1 atom stereocenters. The number of aromatic amines is 1. The molecule has 0 bridgehead atoms. The van der Waals surface area contributed by atoms with Crippen molar-refractivity contribution in [3.63, 3.8) is 0 Å². The van der Waals surface area contributed by atoms with E-state index in [1.807, 2.05) is 30.5 Å². The highest BCUT2D eigenvalue weighted by molar-refractivity contribution is 6.30. The van der Waals surface area contributed by atoms with Crippen molar-refractivity contribution in [2.75, 3.05) is 7.11 Å². The molecule has 1 unspecified atom stereocenters. The molecular weight excluding hydrogens is 364 g/mol. The number of aromatic nitrogens is 1. The molecular formula is C21H19ClN2O3. The number of methoxy groups -OCH3 is 1. The monoisotopic (exact) mass is 382 g/mol. The summed E-state index contributed by atoms with van der Waals surface area (Å²) in [6.45, 7) is 0. The van der Waals surface area contributed by atoms with E-state index in [0.29, 0.717) is 11.4 Å². The number of para-hydroxylation sites is 1. The Morgan fingerprint density at radius 2 is 1.93 bits per heavy atom. The second kappa shape index (κ2) is 8.56. The molecule has 0 aliphatic rings. The van der Waals surface area contributed by atoms with Crippen LogP contribution in [-0.4, -0.2) is 30.0 Å². The number of amides is 1. The van der Waals surface area contributed by atoms with Crippen molar-refractivity contribution in [3.8, 4) is 0 Å². The third-order valence-corrected chi connectivity index (χ3v) is 4.45. The molecule has 1 heterocycles. The first kappa shape index (κ1) is 18.7. The van der Waals surface area contributed by atoms with Gasteiger partial charge in [0.05, 0.1) is 7.11 Å². The lowest BCUT2D eigenvalue weighted by molar-refractivity contribution is -0.144. The van der Waals surface area contributed by atoms with Crippen molar-refractivity contribution in [2.45, 2.75) is 12.5 Å². The summed E-state index contributed by atoms with van der Waals surface area (Å²) in [5.74, 6) is -0.867. The van der Waals surface area contributed by atoms with Gasteiger partial charge in [0.25, 0.3) is 0 Å². The minimum atomic E-state index is -0.781. The first-order valence-electron chi connectivity index (χ1n) is 8.44. The minimum Gasteiger partial charge on any atom is -0.467 e. The second-order valence-corrected chi connectivity index (χ2v) is 6.47. The molecule has 2 aromatic carbocycles. The molecule has 0 aliphatic heterocycles. The summed E-state index contributed by atoms with van der Waals surface area (Å²) in [5, 5.41) is 4.35. The van der Waals surface area contributed by atoms with E-state index in [1.54, 1.807) is 30.3 Å². The third-order valence-electron chi connectivity index (χ3n) is 4.20. The Bertz CT molecular complexity index is 977. The van der Waals surface area contributed by atoms with Crippen LogP contribution in [0.25, 0.3) is 17.0 Å². The highest BCUT2D eigenvalue weighted by Gasteiger charge is 2.22. The Morgan fingerprint density at radius 3 is 2.67 bits per heavy atom. The van der Waals surface area contributed by atoms with Crippen LogP contribution in [0.15, 0.2) is 60.8 Å². The van der Waals surface area contributed by atoms with E-state index in [-0.39, 0.29) is 5.91 Å². The number of H-pyrrole nitrogens is 1. The smallest absolute Gasteiger partial charge is 0.328 e. The molecule has 0 spiro atoms. The summed E-state index contributed by atoms with van der Waals surface area (Å²) in [5.41, 5.74) is 2.74. The molecule has 5 nitrogen and oxygen atoms in total. The van der Waals surface area contributed by atoms with E-state index >= 15 is 0 Å². The predicted octanol–water partition coefficient (Wildman–Crippen LogP) is 3.74. The van der Waals surface area contributed by atoms with Gasteiger partial charge in [-0.25, -0.2) is 4.79 Å². The Morgan fingerprint density at radius 1 is 1.19 bits per heavy atom. The number of fused-ring (bicyclic) bond motifs is 1. The van der Waals surface area contributed by atoms with Crippen molar-refractivity contribution in [1.29, 1.82) is 0 Å². The van der Waals surface area contributed by atoms with Gasteiger partial charge in [-0.15, -0.1) is 0 Å². The highest BCUT2D eigenvalue weighted by atomic mass is 35.5. The molecule has 6 heteroatoms. The number of nitrogens with one attached hydrogen (secondary N) is 2. The summed E-state index contributed by atoms with van der Waals surface area (Å²) in [6, 6.07) is 14.1. The van der Waals surface area contributed by atoms with Gasteiger partial charge in [-0.3, -0.25) is 4.79 Å². The highest BCUT2D eigenvalue weighted by Crippen LogP contribution is 2.19. The molecule has 0 radical (unpaired) electrons. The maximum atomic E-state index is 12.3. The first-order valence-corrected chi connectivity index (χ1v) is 8.81. The van der Waals surface area contributed by atoms with Crippen LogP contribution in [0, 0.1) is 0 Å². The van der Waals surface area contributed by atoms with Crippen molar-refractivity contribution in [1.82, 2.24) is 10.3 Å². The first-order chi connectivity index (χ1) is 13.1. The molecule has 27 heavy (non-hydrogen) atoms. The zero-order chi connectivity index (χ0) is 19.2. The lowest BCUT2D eigenvalue weighted by Crippen LogP contribution is -2.42. The summed E-state index contributed by atoms with van der Waals surface area (Å²) in [6.07, 6.45) is 5.22. The zero-order valence-electron chi connectivity index (χ0n) is 14.7. The molecule has 3 rings (SSSR count). The predicted molar refractivity (Wildman–Crippen MR) is 106 cm³/mol. The summed E-state index contributed by atoms with van der Waals surface area (Å²) >= 11 is 5.85. The summed E-state index contributed by atoms with van der Waals surface area (Å²) < 4.78 is 4.85. The van der Waals surface area contributed by atoms with E-state index in [9.17, 15) is 9.59 Å². The Labute approximate surface area is 162 Å². The number of hydrogen-bond acceptors (Lipinski definition) is 3. The molecule has 138 valence electrons. The number of carbonyl (C=O) groups excluding carboxylic acids is 2.